The van der Waals surface area contributed by atoms with E-state index in [0.29, 0.717) is 49.7 Å². The molecule has 3 saturated heterocycles. The maximum Gasteiger partial charge on any atom is 0.317 e. The van der Waals surface area contributed by atoms with Gasteiger partial charge in [-0.05, 0) is 61.5 Å². The van der Waals surface area contributed by atoms with Gasteiger partial charge < -0.3 is 36.4 Å². The Morgan fingerprint density at radius 2 is 1.28 bits per heavy atom. The number of thiocarbonyl (C=S) groups is 1. The van der Waals surface area contributed by atoms with E-state index in [1.54, 1.807) is 31.7 Å². The summed E-state index contributed by atoms with van der Waals surface area (Å²) in [5.41, 5.74) is 6.87. The molecular weight excluding hydrogens is 783 g/mol. The Kier molecular flexibility index (Phi) is 18.5. The molecule has 0 aromatic heterocycles. The van der Waals surface area contributed by atoms with E-state index in [0.717, 1.165) is 24.2 Å². The van der Waals surface area contributed by atoms with Crippen molar-refractivity contribution in [3.63, 3.8) is 0 Å². The number of rotatable bonds is 16. The minimum atomic E-state index is -1.04. The molecule has 0 saturated carbocycles. The largest absolute Gasteiger partial charge is 0.480 e. The molecule has 1 aromatic carbocycles. The molecular formula is C36H55N9O10S2. The summed E-state index contributed by atoms with van der Waals surface area (Å²) in [5, 5.41) is 47.9. The molecule has 21 heteroatoms. The van der Waals surface area contributed by atoms with E-state index < -0.39 is 23.9 Å². The average Bonchev–Trinajstić information content (AvgIpc) is 3.68. The third kappa shape index (κ3) is 17.0. The van der Waals surface area contributed by atoms with Gasteiger partial charge in [0, 0.05) is 75.5 Å². The van der Waals surface area contributed by atoms with Crippen molar-refractivity contribution >= 4 is 70.6 Å². The number of benzene rings is 1. The number of thioether (sulfide) groups is 1. The van der Waals surface area contributed by atoms with Gasteiger partial charge in [-0.2, -0.15) is 11.8 Å². The number of amides is 3. The Bertz CT molecular complexity index is 1510. The molecule has 0 radical (unpaired) electrons. The Morgan fingerprint density at radius 1 is 0.737 bits per heavy atom. The lowest BCUT2D eigenvalue weighted by Gasteiger charge is -2.34. The average molecular weight is 838 g/mol. The van der Waals surface area contributed by atoms with Crippen LogP contribution in [0.5, 0.6) is 0 Å². The molecule has 3 unspecified atom stereocenters. The predicted molar refractivity (Wildman–Crippen MR) is 216 cm³/mol. The molecule has 316 valence electrons. The number of hydrogen-bond acceptors (Lipinski definition) is 12. The van der Waals surface area contributed by atoms with E-state index in [9.17, 15) is 49.2 Å². The van der Waals surface area contributed by atoms with Gasteiger partial charge in [0.1, 0.15) is 0 Å². The first-order valence-corrected chi connectivity index (χ1v) is 20.6. The number of urea groups is 1. The summed E-state index contributed by atoms with van der Waals surface area (Å²) >= 11 is 7.21. The van der Waals surface area contributed by atoms with Crippen molar-refractivity contribution in [3.05, 3.63) is 29.8 Å². The first-order valence-electron chi connectivity index (χ1n) is 19.1. The maximum atomic E-state index is 12.4. The number of nitrogens with one attached hydrogen (secondary N) is 5. The minimum Gasteiger partial charge on any atom is -0.480 e. The lowest BCUT2D eigenvalue weighted by molar-refractivity contribution is -0.141. The lowest BCUT2D eigenvalue weighted by Crippen LogP contribution is -2.47. The number of aliphatic carboxylic acids is 4. The van der Waals surface area contributed by atoms with Crippen molar-refractivity contribution < 1.29 is 49.2 Å². The van der Waals surface area contributed by atoms with Crippen LogP contribution >= 0.6 is 24.0 Å². The van der Waals surface area contributed by atoms with Crippen LogP contribution in [0.2, 0.25) is 0 Å². The van der Waals surface area contributed by atoms with Gasteiger partial charge in [-0.1, -0.05) is 18.6 Å². The van der Waals surface area contributed by atoms with Crippen molar-refractivity contribution in [2.24, 2.45) is 5.92 Å². The van der Waals surface area contributed by atoms with Gasteiger partial charge in [0.05, 0.1) is 38.3 Å². The molecule has 3 aliphatic heterocycles. The van der Waals surface area contributed by atoms with Crippen LogP contribution < -0.4 is 26.8 Å². The second-order valence-corrected chi connectivity index (χ2v) is 16.4. The number of fused-ring (bicyclic) bond motifs is 1. The van der Waals surface area contributed by atoms with Crippen LogP contribution in [0, 0.1) is 5.92 Å². The van der Waals surface area contributed by atoms with Crippen molar-refractivity contribution in [2.45, 2.75) is 55.9 Å². The van der Waals surface area contributed by atoms with Crippen molar-refractivity contribution in [1.82, 2.24) is 41.1 Å². The number of hydrazine groups is 1. The SMILES string of the molecule is O=C(O)CN1CCCN(CC(=O)O)CCN(CC(=O)O)CC(Cc2ccc(NC(=S)NNC(=O)CCCCC3SCC4NC(=O)NC43)cc2)CN(CC(=O)O)CC1. The van der Waals surface area contributed by atoms with Crippen molar-refractivity contribution in [3.8, 4) is 0 Å². The number of carboxylic acid groups (broad SMARTS) is 4. The number of anilines is 1. The zero-order valence-electron chi connectivity index (χ0n) is 31.9. The fraction of sp³-hybridized carbons (Fsp3) is 0.639. The monoisotopic (exact) mass is 837 g/mol. The molecule has 0 spiro atoms. The van der Waals surface area contributed by atoms with E-state index >= 15 is 0 Å². The lowest BCUT2D eigenvalue weighted by atomic mass is 9.97. The summed E-state index contributed by atoms with van der Waals surface area (Å²) < 4.78 is 0. The van der Waals surface area contributed by atoms with E-state index in [1.807, 2.05) is 23.9 Å². The van der Waals surface area contributed by atoms with E-state index in [4.69, 9.17) is 12.2 Å². The first-order chi connectivity index (χ1) is 27.2. The van der Waals surface area contributed by atoms with Crippen LogP contribution in [0.25, 0.3) is 0 Å². The topological polar surface area (TPSA) is 256 Å². The van der Waals surface area contributed by atoms with Gasteiger partial charge in [0.15, 0.2) is 5.11 Å². The maximum absolute atomic E-state index is 12.4. The van der Waals surface area contributed by atoms with Crippen LogP contribution in [0.4, 0.5) is 10.5 Å². The normalized spacial score (nSPS) is 22.0. The standard InChI is InChI=1S/C36H55N9O10S2/c46-29(5-2-1-4-28-34-27(23-57-28)38-35(55)39-34)40-41-36(56)37-26-8-6-24(7-9-26)16-25-17-44(21-32(51)52)14-12-42(19-30(47)48)10-3-11-43(20-31(49)50)13-15-45(18-25)22-33(53)54/h6-9,25,27-28,34H,1-5,10-23H2,(H,40,46)(H,47,48)(H,49,50)(H,51,52)(H,53,54)(H2,37,41,56)(H2,38,39,55). The molecule has 57 heavy (non-hydrogen) atoms. The number of carboxylic acids is 4. The summed E-state index contributed by atoms with van der Waals surface area (Å²) in [5.74, 6) is -3.70. The molecule has 3 fully saturated rings. The van der Waals surface area contributed by atoms with Gasteiger partial charge in [0.2, 0.25) is 5.91 Å². The summed E-state index contributed by atoms with van der Waals surface area (Å²) in [6, 6.07) is 7.55. The number of carbonyl (C=O) groups excluding carboxylic acids is 2. The Labute approximate surface area is 341 Å². The third-order valence-corrected chi connectivity index (χ3v) is 11.7. The fourth-order valence-electron chi connectivity index (χ4n) is 7.46. The molecule has 3 amide bonds. The second-order valence-electron chi connectivity index (χ2n) is 14.7. The molecule has 4 rings (SSSR count). The minimum absolute atomic E-state index is 0.115. The van der Waals surface area contributed by atoms with Crippen molar-refractivity contribution in [2.75, 3.05) is 89.6 Å². The Hall–Kier alpha value is -4.28. The quantitative estimate of drug-likeness (QED) is 0.0454. The van der Waals surface area contributed by atoms with Gasteiger partial charge >= 0.3 is 29.9 Å². The highest BCUT2D eigenvalue weighted by Crippen LogP contribution is 2.33. The fourth-order valence-corrected chi connectivity index (χ4v) is 9.17. The highest BCUT2D eigenvalue weighted by Gasteiger charge is 2.42. The molecule has 3 aliphatic rings. The van der Waals surface area contributed by atoms with Gasteiger partial charge in [-0.3, -0.25) is 54.4 Å². The molecule has 0 bridgehead atoms. The number of hydrogen-bond donors (Lipinski definition) is 9. The Morgan fingerprint density at radius 3 is 1.84 bits per heavy atom. The van der Waals surface area contributed by atoms with Crippen molar-refractivity contribution in [1.29, 1.82) is 0 Å². The summed E-state index contributed by atoms with van der Waals surface area (Å²) in [6.45, 7) is 1.30. The highest BCUT2D eigenvalue weighted by atomic mass is 32.2. The molecule has 0 aliphatic carbocycles. The van der Waals surface area contributed by atoms with Gasteiger partial charge in [-0.25, -0.2) is 4.79 Å². The second kappa shape index (κ2) is 23.2. The van der Waals surface area contributed by atoms with E-state index in [1.165, 1.54) is 0 Å². The number of unbranched alkanes of at least 4 members (excludes halogenated alkanes) is 1. The van der Waals surface area contributed by atoms with Crippen LogP contribution in [0.15, 0.2) is 24.3 Å². The Balaban J connectivity index is 1.33. The summed E-state index contributed by atoms with van der Waals surface area (Å²) in [6.07, 6.45) is 3.70. The zero-order chi connectivity index (χ0) is 41.3. The van der Waals surface area contributed by atoms with Crippen LogP contribution in [-0.4, -0.2) is 183 Å². The highest BCUT2D eigenvalue weighted by molar-refractivity contribution is 8.00. The number of carbonyl (C=O) groups is 6. The van der Waals surface area contributed by atoms with E-state index in [-0.39, 0.29) is 100 Å². The van der Waals surface area contributed by atoms with Crippen LogP contribution in [0.3, 0.4) is 0 Å². The first kappa shape index (κ1) is 45.4. The smallest absolute Gasteiger partial charge is 0.317 e. The van der Waals surface area contributed by atoms with Crippen LogP contribution in [-0.2, 0) is 30.4 Å². The van der Waals surface area contributed by atoms with Gasteiger partial charge in [0.25, 0.3) is 0 Å². The number of nitrogens with zero attached hydrogens (tertiary/aromatic N) is 4. The summed E-state index contributed by atoms with van der Waals surface area (Å²) in [7, 11) is 0. The van der Waals surface area contributed by atoms with Crippen LogP contribution in [0.1, 0.15) is 37.7 Å². The summed E-state index contributed by atoms with van der Waals surface area (Å²) in [4.78, 5) is 78.0. The molecule has 1 aromatic rings. The molecule has 3 atom stereocenters. The third-order valence-electron chi connectivity index (χ3n) is 10.0. The van der Waals surface area contributed by atoms with Gasteiger partial charge in [-0.15, -0.1) is 0 Å². The molecule has 9 N–H and O–H groups in total. The van der Waals surface area contributed by atoms with E-state index in [2.05, 4.69) is 26.8 Å². The zero-order valence-corrected chi connectivity index (χ0v) is 33.5. The predicted octanol–water partition coefficient (Wildman–Crippen LogP) is -0.161. The molecule has 19 nitrogen and oxygen atoms in total. The molecule has 3 heterocycles.